The summed E-state index contributed by atoms with van der Waals surface area (Å²) in [6, 6.07) is 5.85. The number of benzene rings is 1. The van der Waals surface area contributed by atoms with Crippen LogP contribution < -0.4 is 10.5 Å². The van der Waals surface area contributed by atoms with E-state index in [2.05, 4.69) is 24.0 Å². The highest BCUT2D eigenvalue weighted by Gasteiger charge is 2.12. The van der Waals surface area contributed by atoms with E-state index in [0.717, 1.165) is 16.9 Å². The average Bonchev–Trinajstić information content (AvgIpc) is 2.86. The molecule has 2 N–H and O–H groups in total. The lowest BCUT2D eigenvalue weighted by Crippen LogP contribution is -1.97. The Hall–Kier alpha value is -1.88. The molecule has 0 saturated heterocycles. The van der Waals surface area contributed by atoms with Gasteiger partial charge in [0.05, 0.1) is 13.7 Å². The molecule has 5 heteroatoms. The fourth-order valence-corrected chi connectivity index (χ4v) is 1.78. The van der Waals surface area contributed by atoms with Gasteiger partial charge in [0.25, 0.3) is 0 Å². The summed E-state index contributed by atoms with van der Waals surface area (Å²) in [4.78, 5) is 4.21. The molecule has 1 aromatic carbocycles. The molecule has 0 amide bonds. The first-order valence-electron chi connectivity index (χ1n) is 5.86. The lowest BCUT2D eigenvalue weighted by molar-refractivity contribution is 0.380. The Morgan fingerprint density at radius 2 is 2.17 bits per heavy atom. The van der Waals surface area contributed by atoms with Crippen LogP contribution in [0, 0.1) is 0 Å². The minimum Gasteiger partial charge on any atom is -0.496 e. The van der Waals surface area contributed by atoms with E-state index < -0.39 is 0 Å². The second kappa shape index (κ2) is 5.18. The molecule has 0 unspecified atom stereocenters. The molecular weight excluding hydrogens is 230 g/mol. The summed E-state index contributed by atoms with van der Waals surface area (Å²) in [5.74, 6) is 2.23. The van der Waals surface area contributed by atoms with Crippen LogP contribution in [0.1, 0.15) is 31.2 Å². The first kappa shape index (κ1) is 12.6. The summed E-state index contributed by atoms with van der Waals surface area (Å²) in [5, 5.41) is 3.91. The minimum absolute atomic E-state index is 0.250. The quantitative estimate of drug-likeness (QED) is 0.897. The number of aromatic nitrogens is 2. The summed E-state index contributed by atoms with van der Waals surface area (Å²) in [6.45, 7) is 4.48. The number of ether oxygens (including phenoxy) is 1. The van der Waals surface area contributed by atoms with Gasteiger partial charge in [-0.05, 0) is 29.7 Å². The zero-order valence-corrected chi connectivity index (χ0v) is 10.8. The van der Waals surface area contributed by atoms with Crippen molar-refractivity contribution in [2.24, 2.45) is 5.73 Å². The third kappa shape index (κ3) is 2.36. The van der Waals surface area contributed by atoms with E-state index >= 15 is 0 Å². The summed E-state index contributed by atoms with van der Waals surface area (Å²) < 4.78 is 10.3. The number of hydrogen-bond donors (Lipinski definition) is 1. The Morgan fingerprint density at radius 3 is 2.72 bits per heavy atom. The van der Waals surface area contributed by atoms with Crippen molar-refractivity contribution in [2.45, 2.75) is 26.3 Å². The van der Waals surface area contributed by atoms with Crippen LogP contribution in [0.5, 0.6) is 5.75 Å². The van der Waals surface area contributed by atoms with Crippen molar-refractivity contribution in [1.29, 1.82) is 0 Å². The monoisotopic (exact) mass is 247 g/mol. The number of nitrogens with two attached hydrogens (primary N) is 1. The van der Waals surface area contributed by atoms with Crippen LogP contribution in [0.3, 0.4) is 0 Å². The van der Waals surface area contributed by atoms with Crippen LogP contribution in [0.25, 0.3) is 11.4 Å². The number of hydrogen-bond acceptors (Lipinski definition) is 5. The molecule has 1 heterocycles. The molecule has 1 aromatic heterocycles. The largest absolute Gasteiger partial charge is 0.496 e. The first-order valence-corrected chi connectivity index (χ1v) is 5.86. The topological polar surface area (TPSA) is 74.2 Å². The van der Waals surface area contributed by atoms with Crippen LogP contribution in [-0.2, 0) is 6.54 Å². The molecule has 0 aliphatic heterocycles. The van der Waals surface area contributed by atoms with E-state index in [1.165, 1.54) is 0 Å². The molecule has 0 saturated carbocycles. The van der Waals surface area contributed by atoms with Crippen LogP contribution in [0.4, 0.5) is 0 Å². The fraction of sp³-hybridized carbons (Fsp3) is 0.385. The second-order valence-corrected chi connectivity index (χ2v) is 4.33. The molecule has 2 rings (SSSR count). The van der Waals surface area contributed by atoms with E-state index in [0.29, 0.717) is 17.6 Å². The van der Waals surface area contributed by atoms with Crippen molar-refractivity contribution in [3.8, 4) is 17.1 Å². The highest BCUT2D eigenvalue weighted by atomic mass is 16.5. The SMILES string of the molecule is COc1ccc(-c2noc(CN)n2)cc1C(C)C. The van der Waals surface area contributed by atoms with Crippen LogP contribution >= 0.6 is 0 Å². The Labute approximate surface area is 106 Å². The van der Waals surface area contributed by atoms with Gasteiger partial charge in [-0.1, -0.05) is 19.0 Å². The zero-order valence-electron chi connectivity index (χ0n) is 10.8. The number of nitrogens with zero attached hydrogens (tertiary/aromatic N) is 2. The van der Waals surface area contributed by atoms with Gasteiger partial charge in [-0.15, -0.1) is 0 Å². The third-order valence-corrected chi connectivity index (χ3v) is 2.75. The molecule has 0 spiro atoms. The summed E-state index contributed by atoms with van der Waals surface area (Å²) in [7, 11) is 1.67. The van der Waals surface area contributed by atoms with E-state index in [1.807, 2.05) is 18.2 Å². The van der Waals surface area contributed by atoms with Gasteiger partial charge in [0.2, 0.25) is 11.7 Å². The molecule has 96 valence electrons. The predicted octanol–water partition coefficient (Wildman–Crippen LogP) is 2.33. The summed E-state index contributed by atoms with van der Waals surface area (Å²) in [5.41, 5.74) is 7.47. The molecule has 5 nitrogen and oxygen atoms in total. The lowest BCUT2D eigenvalue weighted by Gasteiger charge is -2.12. The van der Waals surface area contributed by atoms with Crippen molar-refractivity contribution < 1.29 is 9.26 Å². The van der Waals surface area contributed by atoms with Gasteiger partial charge >= 0.3 is 0 Å². The fourth-order valence-electron chi connectivity index (χ4n) is 1.78. The molecule has 0 fully saturated rings. The molecule has 2 aromatic rings. The summed E-state index contributed by atoms with van der Waals surface area (Å²) in [6.07, 6.45) is 0. The third-order valence-electron chi connectivity index (χ3n) is 2.75. The van der Waals surface area contributed by atoms with Crippen molar-refractivity contribution in [2.75, 3.05) is 7.11 Å². The molecule has 0 bridgehead atoms. The van der Waals surface area contributed by atoms with Gasteiger partial charge in [0.1, 0.15) is 5.75 Å². The first-order chi connectivity index (χ1) is 8.65. The van der Waals surface area contributed by atoms with Crippen molar-refractivity contribution in [3.63, 3.8) is 0 Å². The van der Waals surface area contributed by atoms with Gasteiger partial charge in [-0.25, -0.2) is 0 Å². The van der Waals surface area contributed by atoms with Gasteiger partial charge in [0, 0.05) is 5.56 Å². The molecule has 0 atom stereocenters. The maximum absolute atomic E-state index is 5.45. The Morgan fingerprint density at radius 1 is 1.39 bits per heavy atom. The Balaban J connectivity index is 2.42. The standard InChI is InChI=1S/C13H17N3O2/c1-8(2)10-6-9(4-5-11(10)17-3)13-15-12(7-14)18-16-13/h4-6,8H,7,14H2,1-3H3. The summed E-state index contributed by atoms with van der Waals surface area (Å²) >= 11 is 0. The van der Waals surface area contributed by atoms with Crippen LogP contribution in [0.15, 0.2) is 22.7 Å². The van der Waals surface area contributed by atoms with Gasteiger partial charge in [-0.3, -0.25) is 0 Å². The van der Waals surface area contributed by atoms with Crippen LogP contribution in [-0.4, -0.2) is 17.3 Å². The van der Waals surface area contributed by atoms with E-state index in [9.17, 15) is 0 Å². The maximum atomic E-state index is 5.45. The maximum Gasteiger partial charge on any atom is 0.240 e. The van der Waals surface area contributed by atoms with Crippen molar-refractivity contribution in [1.82, 2.24) is 10.1 Å². The predicted molar refractivity (Wildman–Crippen MR) is 68.3 cm³/mol. The molecular formula is C13H17N3O2. The highest BCUT2D eigenvalue weighted by molar-refractivity contribution is 5.58. The number of rotatable bonds is 4. The lowest BCUT2D eigenvalue weighted by atomic mass is 9.99. The zero-order chi connectivity index (χ0) is 13.1. The van der Waals surface area contributed by atoms with E-state index in [4.69, 9.17) is 15.0 Å². The molecule has 0 aliphatic carbocycles. The van der Waals surface area contributed by atoms with Gasteiger partial charge in [-0.2, -0.15) is 4.98 Å². The second-order valence-electron chi connectivity index (χ2n) is 4.33. The Kier molecular flexibility index (Phi) is 3.62. The smallest absolute Gasteiger partial charge is 0.240 e. The van der Waals surface area contributed by atoms with Crippen LogP contribution in [0.2, 0.25) is 0 Å². The highest BCUT2D eigenvalue weighted by Crippen LogP contribution is 2.30. The Bertz CT molecular complexity index is 535. The van der Waals surface area contributed by atoms with Gasteiger partial charge in [0.15, 0.2) is 0 Å². The van der Waals surface area contributed by atoms with E-state index in [-0.39, 0.29) is 6.54 Å². The minimum atomic E-state index is 0.250. The molecule has 18 heavy (non-hydrogen) atoms. The average molecular weight is 247 g/mol. The van der Waals surface area contributed by atoms with Crippen molar-refractivity contribution in [3.05, 3.63) is 29.7 Å². The molecule has 0 aliphatic rings. The normalized spacial score (nSPS) is 10.9. The van der Waals surface area contributed by atoms with Crippen molar-refractivity contribution >= 4 is 0 Å². The molecule has 0 radical (unpaired) electrons. The number of methoxy groups -OCH3 is 1. The van der Waals surface area contributed by atoms with E-state index in [1.54, 1.807) is 7.11 Å². The van der Waals surface area contributed by atoms with Gasteiger partial charge < -0.3 is 15.0 Å².